The topological polar surface area (TPSA) is 96.3 Å². The number of amides is 2. The maximum Gasteiger partial charge on any atom is 0.328 e. The number of aromatic nitrogens is 2. The number of rotatable bonds is 4. The zero-order chi connectivity index (χ0) is 13.9. The average Bonchev–Trinajstić information content (AvgIpc) is 2.53. The number of carboxylic acids is 1. The Balaban J connectivity index is 2.52. The maximum atomic E-state index is 11.5. The monoisotopic (exact) mass is 254 g/mol. The van der Waals surface area contributed by atoms with E-state index in [0.717, 1.165) is 11.3 Å². The Morgan fingerprint density at radius 2 is 2.11 bits per heavy atom. The van der Waals surface area contributed by atoms with Crippen LogP contribution in [0.5, 0.6) is 0 Å². The molecule has 0 spiro atoms. The van der Waals surface area contributed by atoms with Gasteiger partial charge in [-0.05, 0) is 20.8 Å². The Bertz CT molecular complexity index is 465. The third-order valence-electron chi connectivity index (χ3n) is 2.52. The lowest BCUT2D eigenvalue weighted by Gasteiger charge is -2.21. The third-order valence-corrected chi connectivity index (χ3v) is 2.52. The van der Waals surface area contributed by atoms with Gasteiger partial charge in [0.05, 0.1) is 5.69 Å². The molecular weight excluding hydrogens is 236 g/mol. The minimum atomic E-state index is -1.30. The molecule has 0 atom stereocenters. The largest absolute Gasteiger partial charge is 0.480 e. The highest BCUT2D eigenvalue weighted by molar-refractivity contribution is 5.85. The van der Waals surface area contributed by atoms with Crippen molar-refractivity contribution in [3.8, 4) is 0 Å². The van der Waals surface area contributed by atoms with Crippen molar-refractivity contribution in [3.05, 3.63) is 17.5 Å². The molecule has 0 aromatic carbocycles. The van der Waals surface area contributed by atoms with E-state index in [1.165, 1.54) is 13.8 Å². The summed E-state index contributed by atoms with van der Waals surface area (Å²) in [6, 6.07) is -0.523. The summed E-state index contributed by atoms with van der Waals surface area (Å²) in [7, 11) is 1.80. The maximum absolute atomic E-state index is 11.5. The molecular formula is C11H18N4O3. The summed E-state index contributed by atoms with van der Waals surface area (Å²) < 4.78 is 1.66. The molecule has 0 aliphatic carbocycles. The molecule has 3 N–H and O–H groups in total. The van der Waals surface area contributed by atoms with Crippen LogP contribution in [0.4, 0.5) is 4.79 Å². The summed E-state index contributed by atoms with van der Waals surface area (Å²) in [5, 5.41) is 18.0. The highest BCUT2D eigenvalue weighted by Gasteiger charge is 2.28. The van der Waals surface area contributed by atoms with Gasteiger partial charge in [0.25, 0.3) is 0 Å². The van der Waals surface area contributed by atoms with Crippen molar-refractivity contribution >= 4 is 12.0 Å². The fraction of sp³-hybridized carbons (Fsp3) is 0.545. The van der Waals surface area contributed by atoms with E-state index >= 15 is 0 Å². The van der Waals surface area contributed by atoms with Crippen LogP contribution < -0.4 is 10.6 Å². The molecule has 0 unspecified atom stereocenters. The van der Waals surface area contributed by atoms with Crippen LogP contribution in [0.1, 0.15) is 25.1 Å². The predicted octanol–water partition coefficient (Wildman–Crippen LogP) is 0.391. The number of carbonyl (C=O) groups is 2. The highest BCUT2D eigenvalue weighted by atomic mass is 16.4. The van der Waals surface area contributed by atoms with Gasteiger partial charge >= 0.3 is 12.0 Å². The van der Waals surface area contributed by atoms with E-state index in [1.807, 2.05) is 6.92 Å². The zero-order valence-corrected chi connectivity index (χ0v) is 10.9. The van der Waals surface area contributed by atoms with Crippen molar-refractivity contribution in [1.29, 1.82) is 0 Å². The molecule has 1 aromatic rings. The first-order valence-electron chi connectivity index (χ1n) is 5.51. The third kappa shape index (κ3) is 3.47. The summed E-state index contributed by atoms with van der Waals surface area (Å²) in [6.07, 6.45) is 1.80. The molecule has 0 saturated heterocycles. The van der Waals surface area contributed by atoms with E-state index in [0.29, 0.717) is 6.54 Å². The second kappa shape index (κ2) is 5.07. The van der Waals surface area contributed by atoms with Crippen LogP contribution in [0.25, 0.3) is 0 Å². The Morgan fingerprint density at radius 1 is 1.50 bits per heavy atom. The second-order valence-corrected chi connectivity index (χ2v) is 4.65. The first-order chi connectivity index (χ1) is 8.22. The fourth-order valence-corrected chi connectivity index (χ4v) is 1.38. The Labute approximate surface area is 105 Å². The molecule has 0 fully saturated rings. The van der Waals surface area contributed by atoms with Gasteiger partial charge in [0.15, 0.2) is 0 Å². The van der Waals surface area contributed by atoms with Gasteiger partial charge in [0.2, 0.25) is 0 Å². The van der Waals surface area contributed by atoms with E-state index in [9.17, 15) is 9.59 Å². The number of hydrogen-bond donors (Lipinski definition) is 3. The molecule has 1 rings (SSSR count). The number of aryl methyl sites for hydroxylation is 2. The molecule has 1 heterocycles. The first kappa shape index (κ1) is 14.0. The van der Waals surface area contributed by atoms with Gasteiger partial charge in [-0.2, -0.15) is 5.10 Å². The number of aliphatic carboxylic acids is 1. The van der Waals surface area contributed by atoms with E-state index < -0.39 is 17.5 Å². The summed E-state index contributed by atoms with van der Waals surface area (Å²) >= 11 is 0. The molecule has 7 nitrogen and oxygen atoms in total. The van der Waals surface area contributed by atoms with Gasteiger partial charge < -0.3 is 15.7 Å². The highest BCUT2D eigenvalue weighted by Crippen LogP contribution is 2.04. The van der Waals surface area contributed by atoms with Crippen molar-refractivity contribution in [1.82, 2.24) is 20.4 Å². The quantitative estimate of drug-likeness (QED) is 0.724. The van der Waals surface area contributed by atoms with Gasteiger partial charge in [-0.15, -0.1) is 0 Å². The van der Waals surface area contributed by atoms with Crippen LogP contribution >= 0.6 is 0 Å². The first-order valence-corrected chi connectivity index (χ1v) is 5.51. The van der Waals surface area contributed by atoms with Crippen molar-refractivity contribution in [2.75, 3.05) is 0 Å². The molecule has 0 saturated carbocycles. The summed E-state index contributed by atoms with van der Waals surface area (Å²) in [4.78, 5) is 22.4. The van der Waals surface area contributed by atoms with E-state index in [-0.39, 0.29) is 0 Å². The average molecular weight is 254 g/mol. The Hall–Kier alpha value is -2.05. The summed E-state index contributed by atoms with van der Waals surface area (Å²) in [5.74, 6) is -1.09. The number of nitrogens with zero attached hydrogens (tertiary/aromatic N) is 2. The van der Waals surface area contributed by atoms with Crippen molar-refractivity contribution in [3.63, 3.8) is 0 Å². The molecule has 0 radical (unpaired) electrons. The van der Waals surface area contributed by atoms with Gasteiger partial charge in [0.1, 0.15) is 5.54 Å². The van der Waals surface area contributed by atoms with Gasteiger partial charge in [-0.1, -0.05) is 0 Å². The van der Waals surface area contributed by atoms with Gasteiger partial charge in [0, 0.05) is 25.4 Å². The number of hydrogen-bond acceptors (Lipinski definition) is 3. The van der Waals surface area contributed by atoms with Crippen LogP contribution in [0, 0.1) is 6.92 Å². The van der Waals surface area contributed by atoms with Crippen molar-refractivity contribution < 1.29 is 14.7 Å². The van der Waals surface area contributed by atoms with Crippen LogP contribution in [0.2, 0.25) is 0 Å². The standard InChI is InChI=1S/C11H18N4O3/c1-7-8(6-15(4)14-7)5-12-10(18)13-11(2,3)9(16)17/h6H,5H2,1-4H3,(H,16,17)(H2,12,13,18). The van der Waals surface area contributed by atoms with E-state index in [1.54, 1.807) is 17.9 Å². The minimum Gasteiger partial charge on any atom is -0.480 e. The Kier molecular flexibility index (Phi) is 3.95. The summed E-state index contributed by atoms with van der Waals surface area (Å²) in [5.41, 5.74) is 0.421. The van der Waals surface area contributed by atoms with E-state index in [4.69, 9.17) is 5.11 Å². The SMILES string of the molecule is Cc1nn(C)cc1CNC(=O)NC(C)(C)C(=O)O. The molecule has 100 valence electrons. The lowest BCUT2D eigenvalue weighted by molar-refractivity contribution is -0.142. The van der Waals surface area contributed by atoms with E-state index in [2.05, 4.69) is 15.7 Å². The van der Waals surface area contributed by atoms with Crippen LogP contribution in [-0.4, -0.2) is 32.4 Å². The normalized spacial score (nSPS) is 11.1. The Morgan fingerprint density at radius 3 is 2.56 bits per heavy atom. The zero-order valence-electron chi connectivity index (χ0n) is 10.9. The van der Waals surface area contributed by atoms with Crippen LogP contribution in [0.15, 0.2) is 6.20 Å². The lowest BCUT2D eigenvalue weighted by Crippen LogP contribution is -2.53. The number of carbonyl (C=O) groups excluding carboxylic acids is 1. The minimum absolute atomic E-state index is 0.307. The fourth-order valence-electron chi connectivity index (χ4n) is 1.38. The second-order valence-electron chi connectivity index (χ2n) is 4.65. The molecule has 0 aliphatic heterocycles. The van der Waals surface area contributed by atoms with Crippen molar-refractivity contribution in [2.24, 2.45) is 7.05 Å². The number of nitrogens with one attached hydrogen (secondary N) is 2. The molecule has 2 amide bonds. The molecule has 7 heteroatoms. The molecule has 0 aliphatic rings. The predicted molar refractivity (Wildman–Crippen MR) is 65.0 cm³/mol. The van der Waals surface area contributed by atoms with Gasteiger partial charge in [-0.25, -0.2) is 9.59 Å². The number of urea groups is 1. The lowest BCUT2D eigenvalue weighted by atomic mass is 10.1. The molecule has 0 bridgehead atoms. The number of carboxylic acid groups (broad SMARTS) is 1. The molecule has 1 aromatic heterocycles. The van der Waals surface area contributed by atoms with Crippen LogP contribution in [-0.2, 0) is 18.4 Å². The van der Waals surface area contributed by atoms with Crippen molar-refractivity contribution in [2.45, 2.75) is 32.9 Å². The summed E-state index contributed by atoms with van der Waals surface area (Å²) in [6.45, 7) is 4.99. The molecule has 18 heavy (non-hydrogen) atoms. The van der Waals surface area contributed by atoms with Crippen LogP contribution in [0.3, 0.4) is 0 Å². The smallest absolute Gasteiger partial charge is 0.328 e. The van der Waals surface area contributed by atoms with Gasteiger partial charge in [-0.3, -0.25) is 4.68 Å².